The van der Waals surface area contributed by atoms with Crippen molar-refractivity contribution in [1.82, 2.24) is 4.31 Å². The molecule has 0 spiro atoms. The van der Waals surface area contributed by atoms with E-state index in [1.807, 2.05) is 20.8 Å². The zero-order valence-electron chi connectivity index (χ0n) is 12.5. The summed E-state index contributed by atoms with van der Waals surface area (Å²) in [6.45, 7) is 6.03. The number of carboxylic acid groups (broad SMARTS) is 1. The van der Waals surface area contributed by atoms with Crippen molar-refractivity contribution < 1.29 is 18.3 Å². The maximum atomic E-state index is 12.9. The fraction of sp³-hybridized carbons (Fsp3) is 0.533. The van der Waals surface area contributed by atoms with Crippen molar-refractivity contribution in [2.75, 3.05) is 6.54 Å². The van der Waals surface area contributed by atoms with Crippen LogP contribution in [0.5, 0.6) is 0 Å². The van der Waals surface area contributed by atoms with Crippen molar-refractivity contribution in [3.63, 3.8) is 0 Å². The number of aromatic carboxylic acids is 1. The van der Waals surface area contributed by atoms with E-state index >= 15 is 0 Å². The summed E-state index contributed by atoms with van der Waals surface area (Å²) < 4.78 is 27.2. The average Bonchev–Trinajstić information content (AvgIpc) is 3.22. The summed E-state index contributed by atoms with van der Waals surface area (Å²) in [5, 5.41) is 9.11. The fourth-order valence-electron chi connectivity index (χ4n) is 2.48. The lowest BCUT2D eigenvalue weighted by atomic mass is 10.0. The predicted molar refractivity (Wildman–Crippen MR) is 80.1 cm³/mol. The fourth-order valence-corrected chi connectivity index (χ4v) is 4.55. The minimum absolute atomic E-state index is 0.00447. The third-order valence-corrected chi connectivity index (χ3v) is 5.82. The lowest BCUT2D eigenvalue weighted by Crippen LogP contribution is -2.33. The third-order valence-electron chi connectivity index (χ3n) is 3.73. The first-order chi connectivity index (χ1) is 9.78. The summed E-state index contributed by atoms with van der Waals surface area (Å²) >= 11 is 0. The summed E-state index contributed by atoms with van der Waals surface area (Å²) in [5.41, 5.74) is 0.670. The molecule has 0 aliphatic heterocycles. The van der Waals surface area contributed by atoms with E-state index in [1.165, 1.54) is 16.4 Å². The molecule has 0 atom stereocenters. The van der Waals surface area contributed by atoms with Crippen LogP contribution >= 0.6 is 0 Å². The molecule has 1 aromatic rings. The van der Waals surface area contributed by atoms with Gasteiger partial charge in [0.05, 0.1) is 10.5 Å². The molecule has 5 nitrogen and oxygen atoms in total. The van der Waals surface area contributed by atoms with Crippen LogP contribution in [0.1, 0.15) is 55.5 Å². The highest BCUT2D eigenvalue weighted by atomic mass is 32.2. The summed E-state index contributed by atoms with van der Waals surface area (Å²) in [6, 6.07) is 4.43. The van der Waals surface area contributed by atoms with Crippen LogP contribution < -0.4 is 0 Å². The van der Waals surface area contributed by atoms with E-state index in [0.717, 1.165) is 12.8 Å². The van der Waals surface area contributed by atoms with Crippen molar-refractivity contribution in [2.24, 2.45) is 0 Å². The number of carboxylic acids is 1. The Kier molecular flexibility index (Phi) is 4.39. The van der Waals surface area contributed by atoms with Gasteiger partial charge < -0.3 is 5.11 Å². The number of rotatable bonds is 6. The Hall–Kier alpha value is -1.40. The SMILES string of the molecule is CCN(C1CC1)S(=O)(=O)c1cc(C(=O)O)ccc1C(C)C. The smallest absolute Gasteiger partial charge is 0.335 e. The first-order valence-corrected chi connectivity index (χ1v) is 8.62. The molecule has 1 fully saturated rings. The largest absolute Gasteiger partial charge is 0.478 e. The highest BCUT2D eigenvalue weighted by molar-refractivity contribution is 7.89. The Labute approximate surface area is 125 Å². The van der Waals surface area contributed by atoms with Crippen LogP contribution in [-0.4, -0.2) is 36.4 Å². The van der Waals surface area contributed by atoms with Crippen molar-refractivity contribution in [1.29, 1.82) is 0 Å². The molecule has 0 unspecified atom stereocenters. The summed E-state index contributed by atoms with van der Waals surface area (Å²) in [6.07, 6.45) is 1.76. The van der Waals surface area contributed by atoms with Gasteiger partial charge in [0.25, 0.3) is 0 Å². The summed E-state index contributed by atoms with van der Waals surface area (Å²) in [4.78, 5) is 11.3. The molecule has 1 N–H and O–H groups in total. The standard InChI is InChI=1S/C15H21NO4S/c1-4-16(12-6-7-12)21(19,20)14-9-11(15(17)18)5-8-13(14)10(2)3/h5,8-10,12H,4,6-7H2,1-3H3,(H,17,18). The molecule has 1 aliphatic carbocycles. The van der Waals surface area contributed by atoms with E-state index < -0.39 is 16.0 Å². The van der Waals surface area contributed by atoms with Crippen LogP contribution in [0.15, 0.2) is 23.1 Å². The molecule has 2 rings (SSSR count). The van der Waals surface area contributed by atoms with E-state index in [4.69, 9.17) is 5.11 Å². The predicted octanol–water partition coefficient (Wildman–Crippen LogP) is 2.68. The number of carbonyl (C=O) groups is 1. The van der Waals surface area contributed by atoms with Crippen LogP contribution in [0, 0.1) is 0 Å². The van der Waals surface area contributed by atoms with Crippen LogP contribution in [0.2, 0.25) is 0 Å². The van der Waals surface area contributed by atoms with Gasteiger partial charge in [-0.15, -0.1) is 0 Å². The van der Waals surface area contributed by atoms with Gasteiger partial charge in [0.15, 0.2) is 0 Å². The number of benzene rings is 1. The van der Waals surface area contributed by atoms with Gasteiger partial charge in [-0.3, -0.25) is 0 Å². The van der Waals surface area contributed by atoms with Crippen molar-refractivity contribution in [3.05, 3.63) is 29.3 Å². The zero-order chi connectivity index (χ0) is 15.8. The van der Waals surface area contributed by atoms with Crippen molar-refractivity contribution in [3.8, 4) is 0 Å². The molecule has 0 aromatic heterocycles. The quantitative estimate of drug-likeness (QED) is 0.876. The number of hydrogen-bond acceptors (Lipinski definition) is 3. The zero-order valence-corrected chi connectivity index (χ0v) is 13.4. The number of hydrogen-bond donors (Lipinski definition) is 1. The molecular formula is C15H21NO4S. The highest BCUT2D eigenvalue weighted by Gasteiger charge is 2.38. The van der Waals surface area contributed by atoms with E-state index in [1.54, 1.807) is 6.07 Å². The minimum Gasteiger partial charge on any atom is -0.478 e. The van der Waals surface area contributed by atoms with E-state index in [0.29, 0.717) is 12.1 Å². The van der Waals surface area contributed by atoms with Crippen molar-refractivity contribution in [2.45, 2.75) is 50.5 Å². The van der Waals surface area contributed by atoms with Gasteiger partial charge in [-0.2, -0.15) is 4.31 Å². The lowest BCUT2D eigenvalue weighted by molar-refractivity contribution is 0.0696. The molecule has 0 heterocycles. The van der Waals surface area contributed by atoms with Crippen LogP contribution in [0.25, 0.3) is 0 Å². The number of nitrogens with zero attached hydrogens (tertiary/aromatic N) is 1. The normalized spacial score (nSPS) is 15.7. The van der Waals surface area contributed by atoms with E-state index in [-0.39, 0.29) is 22.4 Å². The van der Waals surface area contributed by atoms with Gasteiger partial charge in [0, 0.05) is 12.6 Å². The maximum Gasteiger partial charge on any atom is 0.335 e. The van der Waals surface area contributed by atoms with Gasteiger partial charge in [0.1, 0.15) is 0 Å². The highest BCUT2D eigenvalue weighted by Crippen LogP contribution is 2.34. The molecule has 21 heavy (non-hydrogen) atoms. The van der Waals surface area contributed by atoms with Gasteiger partial charge in [-0.1, -0.05) is 26.8 Å². The van der Waals surface area contributed by atoms with Gasteiger partial charge in [0.2, 0.25) is 10.0 Å². The summed E-state index contributed by atoms with van der Waals surface area (Å²) in [5.74, 6) is -1.10. The molecular weight excluding hydrogens is 290 g/mol. The molecule has 1 aliphatic rings. The molecule has 6 heteroatoms. The maximum absolute atomic E-state index is 12.9. The topological polar surface area (TPSA) is 74.7 Å². The Morgan fingerprint density at radius 1 is 1.38 bits per heavy atom. The molecule has 0 radical (unpaired) electrons. The third kappa shape index (κ3) is 3.11. The van der Waals surface area contributed by atoms with Crippen LogP contribution in [0.3, 0.4) is 0 Å². The van der Waals surface area contributed by atoms with Crippen LogP contribution in [0.4, 0.5) is 0 Å². The van der Waals surface area contributed by atoms with Crippen LogP contribution in [-0.2, 0) is 10.0 Å². The Bertz CT molecular complexity index is 648. The minimum atomic E-state index is -3.65. The lowest BCUT2D eigenvalue weighted by Gasteiger charge is -2.23. The Morgan fingerprint density at radius 2 is 2.00 bits per heavy atom. The monoisotopic (exact) mass is 311 g/mol. The van der Waals surface area contributed by atoms with E-state index in [9.17, 15) is 13.2 Å². The second-order valence-electron chi connectivity index (χ2n) is 5.65. The molecule has 0 amide bonds. The first-order valence-electron chi connectivity index (χ1n) is 7.18. The Morgan fingerprint density at radius 3 is 2.43 bits per heavy atom. The van der Waals surface area contributed by atoms with Gasteiger partial charge >= 0.3 is 5.97 Å². The van der Waals surface area contributed by atoms with E-state index in [2.05, 4.69) is 0 Å². The van der Waals surface area contributed by atoms with Crippen molar-refractivity contribution >= 4 is 16.0 Å². The molecule has 0 bridgehead atoms. The Balaban J connectivity index is 2.58. The molecule has 1 aromatic carbocycles. The first kappa shape index (κ1) is 16.0. The van der Waals surface area contributed by atoms with Gasteiger partial charge in [-0.25, -0.2) is 13.2 Å². The van der Waals surface area contributed by atoms with Gasteiger partial charge in [-0.05, 0) is 36.5 Å². The molecule has 116 valence electrons. The second kappa shape index (κ2) is 5.77. The second-order valence-corrected chi connectivity index (χ2v) is 7.51. The molecule has 0 saturated heterocycles. The number of sulfonamides is 1. The summed E-state index contributed by atoms with van der Waals surface area (Å²) in [7, 11) is -3.65. The molecule has 1 saturated carbocycles. The average molecular weight is 311 g/mol.